The van der Waals surface area contributed by atoms with Gasteiger partial charge in [0.05, 0.1) is 10.5 Å². The van der Waals surface area contributed by atoms with Gasteiger partial charge in [-0.25, -0.2) is 0 Å². The van der Waals surface area contributed by atoms with Crippen molar-refractivity contribution in [2.24, 2.45) is 0 Å². The van der Waals surface area contributed by atoms with Crippen LogP contribution in [-0.4, -0.2) is 11.1 Å². The number of rotatable bonds is 3. The van der Waals surface area contributed by atoms with Crippen molar-refractivity contribution in [2.45, 2.75) is 6.18 Å². The zero-order valence-corrected chi connectivity index (χ0v) is 13.3. The lowest BCUT2D eigenvalue weighted by molar-refractivity contribution is -0.137. The number of hydrogen-bond acceptors (Lipinski definition) is 4. The van der Waals surface area contributed by atoms with Crippen LogP contribution in [0.3, 0.4) is 0 Å². The number of hydrogen-bond donors (Lipinski definition) is 1. The molecule has 1 aliphatic rings. The molecule has 2 aromatic rings. The highest BCUT2D eigenvalue weighted by atomic mass is 32.2. The standard InChI is InChI=1S/C17H10F3NO3S/c18-17(19,20)11-5-3-6-12(9-11)24-13-7-2-1-4-10(13)8-14-15(22)21-16(23)25-14/h1-9H,(H,21,22,23)/b14-8-. The van der Waals surface area contributed by atoms with Gasteiger partial charge in [0.15, 0.2) is 0 Å². The maximum absolute atomic E-state index is 12.8. The van der Waals surface area contributed by atoms with Crippen molar-refractivity contribution in [1.82, 2.24) is 5.32 Å². The summed E-state index contributed by atoms with van der Waals surface area (Å²) in [5.74, 6) is -0.244. The van der Waals surface area contributed by atoms with Crippen LogP contribution in [0.4, 0.5) is 18.0 Å². The molecule has 1 heterocycles. The average molecular weight is 365 g/mol. The van der Waals surface area contributed by atoms with E-state index >= 15 is 0 Å². The van der Waals surface area contributed by atoms with Gasteiger partial charge in [-0.05, 0) is 42.1 Å². The minimum absolute atomic E-state index is 0.0141. The monoisotopic (exact) mass is 365 g/mol. The van der Waals surface area contributed by atoms with Crippen molar-refractivity contribution in [1.29, 1.82) is 0 Å². The number of para-hydroxylation sites is 1. The molecule has 0 spiro atoms. The number of ether oxygens (including phenoxy) is 1. The molecule has 0 saturated carbocycles. The molecule has 0 radical (unpaired) electrons. The van der Waals surface area contributed by atoms with Crippen LogP contribution in [-0.2, 0) is 11.0 Å². The second kappa shape index (κ2) is 6.64. The van der Waals surface area contributed by atoms with E-state index in [0.29, 0.717) is 5.56 Å². The van der Waals surface area contributed by atoms with E-state index in [2.05, 4.69) is 5.32 Å². The molecule has 0 bridgehead atoms. The van der Waals surface area contributed by atoms with Gasteiger partial charge in [-0.1, -0.05) is 24.3 Å². The molecule has 0 atom stereocenters. The lowest BCUT2D eigenvalue weighted by atomic mass is 10.1. The Morgan fingerprint density at radius 2 is 1.80 bits per heavy atom. The van der Waals surface area contributed by atoms with Crippen LogP contribution in [0.1, 0.15) is 11.1 Å². The molecule has 1 N–H and O–H groups in total. The summed E-state index contributed by atoms with van der Waals surface area (Å²) < 4.78 is 43.9. The van der Waals surface area contributed by atoms with E-state index in [9.17, 15) is 22.8 Å². The Labute approximate surface area is 144 Å². The third-order valence-electron chi connectivity index (χ3n) is 3.24. The van der Waals surface area contributed by atoms with E-state index in [1.165, 1.54) is 18.2 Å². The fourth-order valence-corrected chi connectivity index (χ4v) is 2.79. The summed E-state index contributed by atoms with van der Waals surface area (Å²) in [6.07, 6.45) is -3.02. The second-order valence-electron chi connectivity index (χ2n) is 5.02. The van der Waals surface area contributed by atoms with E-state index < -0.39 is 22.9 Å². The molecule has 4 nitrogen and oxygen atoms in total. The molecule has 8 heteroatoms. The zero-order valence-electron chi connectivity index (χ0n) is 12.5. The lowest BCUT2D eigenvalue weighted by Crippen LogP contribution is -2.17. The third kappa shape index (κ3) is 4.03. The van der Waals surface area contributed by atoms with Gasteiger partial charge in [-0.15, -0.1) is 0 Å². The summed E-state index contributed by atoms with van der Waals surface area (Å²) in [5, 5.41) is 1.65. The molecule has 3 rings (SSSR count). The van der Waals surface area contributed by atoms with Crippen LogP contribution in [0.5, 0.6) is 11.5 Å². The first-order valence-corrected chi connectivity index (χ1v) is 7.83. The molecule has 0 aromatic heterocycles. The van der Waals surface area contributed by atoms with Crippen molar-refractivity contribution in [3.05, 3.63) is 64.6 Å². The summed E-state index contributed by atoms with van der Waals surface area (Å²) >= 11 is 0.747. The first-order valence-electron chi connectivity index (χ1n) is 7.02. The quantitative estimate of drug-likeness (QED) is 0.792. The van der Waals surface area contributed by atoms with Crippen LogP contribution >= 0.6 is 11.8 Å². The smallest absolute Gasteiger partial charge is 0.416 e. The van der Waals surface area contributed by atoms with Crippen LogP contribution in [0.15, 0.2) is 53.4 Å². The molecule has 2 amide bonds. The van der Waals surface area contributed by atoms with Crippen molar-refractivity contribution < 1.29 is 27.5 Å². The predicted octanol–water partition coefficient (Wildman–Crippen LogP) is 4.82. The van der Waals surface area contributed by atoms with Gasteiger partial charge >= 0.3 is 6.18 Å². The summed E-state index contributed by atoms with van der Waals surface area (Å²) in [5.41, 5.74) is -0.357. The Morgan fingerprint density at radius 1 is 1.04 bits per heavy atom. The normalized spacial score (nSPS) is 16.2. The van der Waals surface area contributed by atoms with Gasteiger partial charge < -0.3 is 4.74 Å². The Morgan fingerprint density at radius 3 is 2.48 bits per heavy atom. The van der Waals surface area contributed by atoms with Gasteiger partial charge in [0.25, 0.3) is 11.1 Å². The van der Waals surface area contributed by atoms with Gasteiger partial charge in [-0.2, -0.15) is 13.2 Å². The number of thioether (sulfide) groups is 1. The van der Waals surface area contributed by atoms with E-state index in [4.69, 9.17) is 4.74 Å². The fraction of sp³-hybridized carbons (Fsp3) is 0.0588. The maximum atomic E-state index is 12.8. The SMILES string of the molecule is O=C1NC(=O)/C(=C/c2ccccc2Oc2cccc(C(F)(F)F)c2)S1. The number of carbonyl (C=O) groups is 2. The number of amides is 2. The zero-order chi connectivity index (χ0) is 18.0. The highest BCUT2D eigenvalue weighted by molar-refractivity contribution is 8.18. The average Bonchev–Trinajstić information content (AvgIpc) is 2.86. The summed E-state index contributed by atoms with van der Waals surface area (Å²) in [7, 11) is 0. The Hall–Kier alpha value is -2.74. The minimum Gasteiger partial charge on any atom is -0.457 e. The van der Waals surface area contributed by atoms with Crippen LogP contribution in [0, 0.1) is 0 Å². The number of alkyl halides is 3. The summed E-state index contributed by atoms with van der Waals surface area (Å²) in [6.45, 7) is 0. The van der Waals surface area contributed by atoms with Crippen molar-refractivity contribution in [3.8, 4) is 11.5 Å². The van der Waals surface area contributed by atoms with Gasteiger partial charge in [0, 0.05) is 5.56 Å². The summed E-state index contributed by atoms with van der Waals surface area (Å²) in [6, 6.07) is 11.0. The van der Waals surface area contributed by atoms with E-state index in [-0.39, 0.29) is 16.4 Å². The lowest BCUT2D eigenvalue weighted by Gasteiger charge is -2.11. The van der Waals surface area contributed by atoms with Crippen LogP contribution in [0.2, 0.25) is 0 Å². The Bertz CT molecular complexity index is 877. The van der Waals surface area contributed by atoms with Crippen LogP contribution in [0.25, 0.3) is 6.08 Å². The van der Waals surface area contributed by atoms with E-state index in [0.717, 1.165) is 23.9 Å². The molecule has 128 valence electrons. The molecule has 1 fully saturated rings. The first kappa shape index (κ1) is 17.1. The van der Waals surface area contributed by atoms with E-state index in [1.54, 1.807) is 24.3 Å². The first-order chi connectivity index (χ1) is 11.8. The molecule has 0 aliphatic carbocycles. The molecular weight excluding hydrogens is 355 g/mol. The number of halogens is 3. The topological polar surface area (TPSA) is 55.4 Å². The highest BCUT2D eigenvalue weighted by Gasteiger charge is 2.30. The molecule has 1 saturated heterocycles. The molecule has 2 aromatic carbocycles. The van der Waals surface area contributed by atoms with E-state index in [1.807, 2.05) is 0 Å². The van der Waals surface area contributed by atoms with Gasteiger partial charge in [0.2, 0.25) is 0 Å². The minimum atomic E-state index is -4.47. The third-order valence-corrected chi connectivity index (χ3v) is 4.05. The predicted molar refractivity (Wildman–Crippen MR) is 87.1 cm³/mol. The maximum Gasteiger partial charge on any atom is 0.416 e. The van der Waals surface area contributed by atoms with Crippen molar-refractivity contribution in [2.75, 3.05) is 0 Å². The number of benzene rings is 2. The van der Waals surface area contributed by atoms with Crippen molar-refractivity contribution in [3.63, 3.8) is 0 Å². The number of nitrogens with one attached hydrogen (secondary N) is 1. The summed E-state index contributed by atoms with van der Waals surface area (Å²) in [4.78, 5) is 23.0. The van der Waals surface area contributed by atoms with Gasteiger partial charge in [0.1, 0.15) is 11.5 Å². The molecule has 25 heavy (non-hydrogen) atoms. The molecule has 1 aliphatic heterocycles. The molecule has 0 unspecified atom stereocenters. The molecular formula is C17H10F3NO3S. The number of imide groups is 1. The van der Waals surface area contributed by atoms with Crippen molar-refractivity contribution >= 4 is 29.0 Å². The van der Waals surface area contributed by atoms with Gasteiger partial charge in [-0.3, -0.25) is 14.9 Å². The number of carbonyl (C=O) groups excluding carboxylic acids is 2. The largest absolute Gasteiger partial charge is 0.457 e. The fourth-order valence-electron chi connectivity index (χ4n) is 2.12. The Kier molecular flexibility index (Phi) is 4.54. The van der Waals surface area contributed by atoms with Crippen LogP contribution < -0.4 is 10.1 Å². The highest BCUT2D eigenvalue weighted by Crippen LogP contribution is 2.34. The Balaban J connectivity index is 1.91. The second-order valence-corrected chi connectivity index (χ2v) is 6.03.